The van der Waals surface area contributed by atoms with Gasteiger partial charge in [0.05, 0.1) is 19.6 Å². The highest BCUT2D eigenvalue weighted by atomic mass is 16.5. The Bertz CT molecular complexity index is 279. The Balaban J connectivity index is 4.40. The minimum absolute atomic E-state index is 0.385. The molecule has 7 nitrogen and oxygen atoms in total. The molecule has 0 rings (SSSR count). The summed E-state index contributed by atoms with van der Waals surface area (Å²) in [4.78, 5) is 32.9. The molecule has 0 saturated heterocycles. The van der Waals surface area contributed by atoms with E-state index in [0.29, 0.717) is 6.42 Å². The van der Waals surface area contributed by atoms with Crippen LogP contribution in [0.4, 0.5) is 0 Å². The third-order valence-electron chi connectivity index (χ3n) is 1.99. The lowest BCUT2D eigenvalue weighted by molar-refractivity contribution is -0.148. The Labute approximate surface area is 92.9 Å². The first-order chi connectivity index (χ1) is 7.42. The molecule has 92 valence electrons. The molecule has 0 bridgehead atoms. The van der Waals surface area contributed by atoms with E-state index in [4.69, 9.17) is 10.8 Å². The summed E-state index contributed by atoms with van der Waals surface area (Å²) in [6.45, 7) is 1.69. The van der Waals surface area contributed by atoms with Crippen LogP contribution in [0.15, 0.2) is 0 Å². The first kappa shape index (κ1) is 14.4. The number of rotatable bonds is 6. The van der Waals surface area contributed by atoms with Gasteiger partial charge >= 0.3 is 11.9 Å². The number of hydrogen-bond acceptors (Lipinski definition) is 5. The Hall–Kier alpha value is -1.63. The smallest absolute Gasteiger partial charge is 0.326 e. The van der Waals surface area contributed by atoms with E-state index in [1.165, 1.54) is 0 Å². The highest BCUT2D eigenvalue weighted by Crippen LogP contribution is 1.97. The fraction of sp³-hybridized carbons (Fsp3) is 0.667. The summed E-state index contributed by atoms with van der Waals surface area (Å²) in [5, 5.41) is 10.9. The van der Waals surface area contributed by atoms with Crippen molar-refractivity contribution in [2.75, 3.05) is 7.11 Å². The molecule has 0 spiro atoms. The molecule has 16 heavy (non-hydrogen) atoms. The standard InChI is InChI=1S/C9H16N2O5/c1-3-5(10)8(13)11-6(9(14)15)4-7(12)16-2/h5-6H,3-4,10H2,1-2H3,(H,11,13)(H,14,15)/t5-,6-/m0/s1. The fourth-order valence-corrected chi connectivity index (χ4v) is 0.914. The molecule has 0 aromatic rings. The van der Waals surface area contributed by atoms with Gasteiger partial charge in [-0.3, -0.25) is 9.59 Å². The number of carbonyl (C=O) groups is 3. The molecule has 2 atom stereocenters. The zero-order chi connectivity index (χ0) is 12.7. The van der Waals surface area contributed by atoms with Crippen LogP contribution in [0.25, 0.3) is 0 Å². The molecule has 0 aliphatic rings. The van der Waals surface area contributed by atoms with Gasteiger partial charge in [-0.05, 0) is 6.42 Å². The number of carboxylic acid groups (broad SMARTS) is 1. The molecule has 0 unspecified atom stereocenters. The van der Waals surface area contributed by atoms with Gasteiger partial charge < -0.3 is 20.9 Å². The fourth-order valence-electron chi connectivity index (χ4n) is 0.914. The van der Waals surface area contributed by atoms with Gasteiger partial charge in [0.15, 0.2) is 0 Å². The number of nitrogens with two attached hydrogens (primary N) is 1. The van der Waals surface area contributed by atoms with Gasteiger partial charge in [-0.15, -0.1) is 0 Å². The second-order valence-electron chi connectivity index (χ2n) is 3.19. The summed E-state index contributed by atoms with van der Waals surface area (Å²) in [6.07, 6.45) is -0.0373. The lowest BCUT2D eigenvalue weighted by Gasteiger charge is -2.15. The number of carbonyl (C=O) groups excluding carboxylic acids is 2. The number of ether oxygens (including phenoxy) is 1. The molecule has 7 heteroatoms. The largest absolute Gasteiger partial charge is 0.480 e. The lowest BCUT2D eigenvalue weighted by atomic mass is 10.1. The third-order valence-corrected chi connectivity index (χ3v) is 1.99. The Morgan fingerprint density at radius 3 is 2.38 bits per heavy atom. The lowest BCUT2D eigenvalue weighted by Crippen LogP contribution is -2.49. The predicted molar refractivity (Wildman–Crippen MR) is 54.5 cm³/mol. The molecule has 0 aromatic heterocycles. The number of nitrogens with one attached hydrogen (secondary N) is 1. The second-order valence-corrected chi connectivity index (χ2v) is 3.19. The van der Waals surface area contributed by atoms with E-state index in [9.17, 15) is 14.4 Å². The SMILES string of the molecule is CC[C@H](N)C(=O)N[C@@H](CC(=O)OC)C(=O)O. The first-order valence-electron chi connectivity index (χ1n) is 4.77. The van der Waals surface area contributed by atoms with Gasteiger partial charge in [0.2, 0.25) is 5.91 Å². The average Bonchev–Trinajstić information content (AvgIpc) is 2.26. The molecular weight excluding hydrogens is 216 g/mol. The van der Waals surface area contributed by atoms with Gasteiger partial charge in [-0.1, -0.05) is 6.92 Å². The average molecular weight is 232 g/mol. The maximum Gasteiger partial charge on any atom is 0.326 e. The molecule has 1 amide bonds. The van der Waals surface area contributed by atoms with E-state index >= 15 is 0 Å². The van der Waals surface area contributed by atoms with Crippen LogP contribution in [0.5, 0.6) is 0 Å². The van der Waals surface area contributed by atoms with Crippen LogP contribution in [0, 0.1) is 0 Å². The van der Waals surface area contributed by atoms with Crippen molar-refractivity contribution in [3.8, 4) is 0 Å². The van der Waals surface area contributed by atoms with Gasteiger partial charge in [0, 0.05) is 0 Å². The molecule has 0 saturated carbocycles. The van der Waals surface area contributed by atoms with E-state index in [1.54, 1.807) is 6.92 Å². The minimum Gasteiger partial charge on any atom is -0.480 e. The molecule has 0 heterocycles. The number of amides is 1. The molecule has 4 N–H and O–H groups in total. The van der Waals surface area contributed by atoms with E-state index in [0.717, 1.165) is 7.11 Å². The zero-order valence-corrected chi connectivity index (χ0v) is 9.23. The van der Waals surface area contributed by atoms with E-state index in [2.05, 4.69) is 10.1 Å². The third kappa shape index (κ3) is 4.74. The van der Waals surface area contributed by atoms with Gasteiger partial charge in [-0.2, -0.15) is 0 Å². The molecule has 0 aromatic carbocycles. The van der Waals surface area contributed by atoms with Gasteiger partial charge in [0.25, 0.3) is 0 Å². The van der Waals surface area contributed by atoms with E-state index in [1.807, 2.05) is 0 Å². The maximum atomic E-state index is 11.3. The van der Waals surface area contributed by atoms with Crippen molar-refractivity contribution in [2.45, 2.75) is 31.8 Å². The second kappa shape index (κ2) is 6.78. The predicted octanol–water partition coefficient (Wildman–Crippen LogP) is -1.14. The highest BCUT2D eigenvalue weighted by molar-refractivity contribution is 5.89. The van der Waals surface area contributed by atoms with Crippen molar-refractivity contribution in [1.82, 2.24) is 5.32 Å². The summed E-state index contributed by atoms with van der Waals surface area (Å²) >= 11 is 0. The Morgan fingerprint density at radius 1 is 1.44 bits per heavy atom. The van der Waals surface area contributed by atoms with Crippen LogP contribution in [0.3, 0.4) is 0 Å². The molecule has 0 aliphatic heterocycles. The van der Waals surface area contributed by atoms with E-state index < -0.39 is 36.4 Å². The van der Waals surface area contributed by atoms with Crippen molar-refractivity contribution in [3.63, 3.8) is 0 Å². The van der Waals surface area contributed by atoms with Crippen molar-refractivity contribution < 1.29 is 24.2 Å². The molecule has 0 aliphatic carbocycles. The topological polar surface area (TPSA) is 119 Å². The summed E-state index contributed by atoms with van der Waals surface area (Å²) in [5.74, 6) is -2.61. The molecule has 0 fully saturated rings. The van der Waals surface area contributed by atoms with Crippen LogP contribution in [0.2, 0.25) is 0 Å². The quantitative estimate of drug-likeness (QED) is 0.498. The van der Waals surface area contributed by atoms with Crippen molar-refractivity contribution in [3.05, 3.63) is 0 Å². The van der Waals surface area contributed by atoms with Gasteiger partial charge in [-0.25, -0.2) is 4.79 Å². The van der Waals surface area contributed by atoms with Crippen molar-refractivity contribution in [2.24, 2.45) is 5.73 Å². The number of carboxylic acids is 1. The maximum absolute atomic E-state index is 11.3. The molecular formula is C9H16N2O5. The number of hydrogen-bond donors (Lipinski definition) is 3. The summed E-state index contributed by atoms with van der Waals surface area (Å²) < 4.78 is 4.31. The van der Waals surface area contributed by atoms with E-state index in [-0.39, 0.29) is 0 Å². The van der Waals surface area contributed by atoms with Crippen LogP contribution in [-0.2, 0) is 19.1 Å². The minimum atomic E-state index is -1.31. The normalized spacial score (nSPS) is 13.7. The van der Waals surface area contributed by atoms with Crippen molar-refractivity contribution in [1.29, 1.82) is 0 Å². The van der Waals surface area contributed by atoms with Crippen LogP contribution >= 0.6 is 0 Å². The summed E-state index contributed by atoms with van der Waals surface area (Å²) in [6, 6.07) is -2.09. The monoisotopic (exact) mass is 232 g/mol. The van der Waals surface area contributed by atoms with Gasteiger partial charge in [0.1, 0.15) is 6.04 Å². The number of esters is 1. The Morgan fingerprint density at radius 2 is 2.00 bits per heavy atom. The number of aliphatic carboxylic acids is 1. The zero-order valence-electron chi connectivity index (χ0n) is 9.23. The molecule has 0 radical (unpaired) electrons. The highest BCUT2D eigenvalue weighted by Gasteiger charge is 2.25. The summed E-state index contributed by atoms with van der Waals surface area (Å²) in [7, 11) is 1.14. The summed E-state index contributed by atoms with van der Waals surface area (Å²) in [5.41, 5.74) is 5.41. The Kier molecular flexibility index (Phi) is 6.09. The first-order valence-corrected chi connectivity index (χ1v) is 4.77. The van der Waals surface area contributed by atoms with Crippen molar-refractivity contribution >= 4 is 17.8 Å². The van der Waals surface area contributed by atoms with Crippen LogP contribution < -0.4 is 11.1 Å². The van der Waals surface area contributed by atoms with Crippen LogP contribution in [0.1, 0.15) is 19.8 Å². The number of methoxy groups -OCH3 is 1. The van der Waals surface area contributed by atoms with Crippen LogP contribution in [-0.4, -0.2) is 42.1 Å².